The van der Waals surface area contributed by atoms with Gasteiger partial charge in [0.05, 0.1) is 6.04 Å². The molecule has 0 radical (unpaired) electrons. The van der Waals surface area contributed by atoms with E-state index in [-0.39, 0.29) is 5.91 Å². The van der Waals surface area contributed by atoms with Crippen molar-refractivity contribution in [3.63, 3.8) is 0 Å². The Kier molecular flexibility index (Phi) is 27.6. The molecule has 0 unspecified atom stereocenters. The molecule has 45 heavy (non-hydrogen) atoms. The molecule has 0 aliphatic heterocycles. The molecular weight excluding hydrogens is 574 g/mol. The second kappa shape index (κ2) is 29.1. The highest BCUT2D eigenvalue weighted by molar-refractivity contribution is 5.94. The van der Waals surface area contributed by atoms with Gasteiger partial charge in [-0.05, 0) is 123 Å². The summed E-state index contributed by atoms with van der Waals surface area (Å²) in [4.78, 5) is 52.2. The Hall–Kier alpha value is -2.32. The van der Waals surface area contributed by atoms with Gasteiger partial charge >= 0.3 is 0 Å². The summed E-state index contributed by atoms with van der Waals surface area (Å²) in [5.41, 5.74) is 11.8. The van der Waals surface area contributed by atoms with Crippen molar-refractivity contribution in [1.82, 2.24) is 37.2 Å². The van der Waals surface area contributed by atoms with Crippen LogP contribution in [0.2, 0.25) is 0 Å². The lowest BCUT2D eigenvalue weighted by atomic mass is 10.0. The van der Waals surface area contributed by atoms with Crippen molar-refractivity contribution >= 4 is 23.6 Å². The quantitative estimate of drug-likeness (QED) is 0.0479. The van der Waals surface area contributed by atoms with Crippen LogP contribution < -0.4 is 48.7 Å². The fourth-order valence-electron chi connectivity index (χ4n) is 4.89. The van der Waals surface area contributed by atoms with Gasteiger partial charge in [0, 0.05) is 0 Å². The molecule has 0 aliphatic carbocycles. The second-order valence-corrected chi connectivity index (χ2v) is 11.6. The first-order valence-electron chi connectivity index (χ1n) is 17.5. The van der Waals surface area contributed by atoms with Crippen molar-refractivity contribution < 1.29 is 19.2 Å². The predicted octanol–water partition coefficient (Wildman–Crippen LogP) is 0.373. The Morgan fingerprint density at radius 3 is 1.13 bits per heavy atom. The zero-order chi connectivity index (χ0) is 33.7. The summed E-state index contributed by atoms with van der Waals surface area (Å²) in [6.07, 6.45) is 8.09. The van der Waals surface area contributed by atoms with E-state index in [4.69, 9.17) is 11.5 Å². The molecule has 0 aromatic carbocycles. The number of amides is 4. The number of hydrogen-bond donors (Lipinski definition) is 9. The second-order valence-electron chi connectivity index (χ2n) is 11.6. The number of carbonyl (C=O) groups excluding carboxylic acids is 4. The molecule has 264 valence electrons. The van der Waals surface area contributed by atoms with Crippen LogP contribution in [0.15, 0.2) is 0 Å². The molecule has 4 amide bonds. The smallest absolute Gasteiger partial charge is 0.243 e. The number of primary amides is 1. The highest BCUT2D eigenvalue weighted by atomic mass is 16.2. The lowest BCUT2D eigenvalue weighted by Crippen LogP contribution is -2.57. The Morgan fingerprint density at radius 1 is 0.467 bits per heavy atom. The average Bonchev–Trinajstić information content (AvgIpc) is 3.02. The minimum Gasteiger partial charge on any atom is -0.368 e. The van der Waals surface area contributed by atoms with Crippen LogP contribution in [0.5, 0.6) is 0 Å². The van der Waals surface area contributed by atoms with Gasteiger partial charge in [-0.15, -0.1) is 0 Å². The van der Waals surface area contributed by atoms with Gasteiger partial charge in [-0.1, -0.05) is 34.1 Å². The lowest BCUT2D eigenvalue weighted by molar-refractivity contribution is -0.133. The molecule has 0 rings (SSSR count). The molecule has 0 aromatic heterocycles. The molecular formula is C32H67N9O4. The van der Waals surface area contributed by atoms with E-state index in [1.165, 1.54) is 0 Å². The third kappa shape index (κ3) is 22.8. The van der Waals surface area contributed by atoms with E-state index in [9.17, 15) is 19.2 Å². The maximum Gasteiger partial charge on any atom is 0.243 e. The Labute approximate surface area is 272 Å². The average molecular weight is 642 g/mol. The van der Waals surface area contributed by atoms with E-state index >= 15 is 0 Å². The Balaban J connectivity index is 5.54. The molecule has 0 spiro atoms. The molecule has 13 nitrogen and oxygen atoms in total. The summed E-state index contributed by atoms with van der Waals surface area (Å²) < 4.78 is 0. The van der Waals surface area contributed by atoms with Crippen molar-refractivity contribution in [3.05, 3.63) is 0 Å². The fraction of sp³-hybridized carbons (Fsp3) is 0.875. The van der Waals surface area contributed by atoms with Crippen LogP contribution in [0, 0.1) is 0 Å². The number of nitrogens with one attached hydrogen (secondary N) is 7. The largest absolute Gasteiger partial charge is 0.368 e. The molecule has 0 heterocycles. The van der Waals surface area contributed by atoms with Gasteiger partial charge < -0.3 is 48.7 Å². The SMILES string of the molecule is CCNCCCC[C@H](NC(=O)[C@H](CCCCNCC)NC(=O)[C@H](CCCCNCC)NC(=O)[C@@H](N)CCCCNCC)C(N)=O. The van der Waals surface area contributed by atoms with E-state index in [1.807, 2.05) is 27.7 Å². The summed E-state index contributed by atoms with van der Waals surface area (Å²) in [5.74, 6) is -1.85. The van der Waals surface area contributed by atoms with Crippen LogP contribution >= 0.6 is 0 Å². The molecule has 13 heteroatoms. The van der Waals surface area contributed by atoms with Gasteiger partial charge in [0.1, 0.15) is 18.1 Å². The van der Waals surface area contributed by atoms with Crippen LogP contribution in [-0.4, -0.2) is 100 Å². The Bertz CT molecular complexity index is 788. The first-order chi connectivity index (χ1) is 21.7. The fourth-order valence-corrected chi connectivity index (χ4v) is 4.89. The van der Waals surface area contributed by atoms with E-state index in [2.05, 4.69) is 37.2 Å². The van der Waals surface area contributed by atoms with Crippen molar-refractivity contribution in [1.29, 1.82) is 0 Å². The van der Waals surface area contributed by atoms with Gasteiger partial charge in [-0.2, -0.15) is 0 Å². The topological polar surface area (TPSA) is 205 Å². The van der Waals surface area contributed by atoms with Gasteiger partial charge in [0.25, 0.3) is 0 Å². The maximum absolute atomic E-state index is 13.6. The van der Waals surface area contributed by atoms with Crippen LogP contribution in [0.3, 0.4) is 0 Å². The van der Waals surface area contributed by atoms with Gasteiger partial charge in [-0.3, -0.25) is 19.2 Å². The summed E-state index contributed by atoms with van der Waals surface area (Å²) in [6, 6.07) is -3.25. The Morgan fingerprint density at radius 2 is 0.778 bits per heavy atom. The highest BCUT2D eigenvalue weighted by Gasteiger charge is 2.29. The van der Waals surface area contributed by atoms with Crippen molar-refractivity contribution in [2.45, 2.75) is 129 Å². The molecule has 0 bridgehead atoms. The van der Waals surface area contributed by atoms with Crippen LogP contribution in [0.4, 0.5) is 0 Å². The number of rotatable bonds is 31. The standard InChI is InChI=1S/C32H67N9O4/c1-5-35-21-13-9-17-25(33)30(43)40-27(19-11-15-23-37-7-3)32(45)41-28(20-12-16-24-38-8-4)31(44)39-26(29(34)42)18-10-14-22-36-6-2/h25-28,35-38H,5-24,33H2,1-4H3,(H2,34,42)(H,39,44)(H,40,43)(H,41,45)/t25-,26-,27-,28-/m0/s1. The molecule has 0 fully saturated rings. The van der Waals surface area contributed by atoms with Crippen molar-refractivity contribution in [2.75, 3.05) is 52.4 Å². The molecule has 0 aromatic rings. The number of hydrogen-bond acceptors (Lipinski definition) is 9. The maximum atomic E-state index is 13.6. The molecule has 11 N–H and O–H groups in total. The van der Waals surface area contributed by atoms with Gasteiger partial charge in [-0.25, -0.2) is 0 Å². The monoisotopic (exact) mass is 642 g/mol. The summed E-state index contributed by atoms with van der Waals surface area (Å²) in [5, 5.41) is 21.6. The van der Waals surface area contributed by atoms with Gasteiger partial charge in [0.2, 0.25) is 23.6 Å². The third-order valence-corrected chi connectivity index (χ3v) is 7.67. The molecule has 0 aliphatic rings. The molecule has 4 atom stereocenters. The molecule has 0 saturated carbocycles. The normalized spacial score (nSPS) is 13.9. The van der Waals surface area contributed by atoms with Crippen LogP contribution in [0.1, 0.15) is 105 Å². The lowest BCUT2D eigenvalue weighted by Gasteiger charge is -2.26. The summed E-state index contributed by atoms with van der Waals surface area (Å²) >= 11 is 0. The first-order valence-corrected chi connectivity index (χ1v) is 17.5. The van der Waals surface area contributed by atoms with Crippen molar-refractivity contribution in [3.8, 4) is 0 Å². The minimum absolute atomic E-state index is 0.372. The number of carbonyl (C=O) groups is 4. The predicted molar refractivity (Wildman–Crippen MR) is 183 cm³/mol. The van der Waals surface area contributed by atoms with E-state index in [1.54, 1.807) is 0 Å². The number of unbranched alkanes of at least 4 members (excludes halogenated alkanes) is 4. The highest BCUT2D eigenvalue weighted by Crippen LogP contribution is 2.09. The van der Waals surface area contributed by atoms with Crippen LogP contribution in [-0.2, 0) is 19.2 Å². The van der Waals surface area contributed by atoms with E-state index < -0.39 is 41.9 Å². The third-order valence-electron chi connectivity index (χ3n) is 7.67. The summed E-state index contributed by atoms with van der Waals surface area (Å²) in [7, 11) is 0. The van der Waals surface area contributed by atoms with Crippen molar-refractivity contribution in [2.24, 2.45) is 11.5 Å². The van der Waals surface area contributed by atoms with Gasteiger partial charge in [0.15, 0.2) is 0 Å². The number of nitrogens with two attached hydrogens (primary N) is 2. The molecule has 0 saturated heterocycles. The first kappa shape index (κ1) is 42.7. The zero-order valence-corrected chi connectivity index (χ0v) is 28.7. The van der Waals surface area contributed by atoms with E-state index in [0.29, 0.717) is 38.5 Å². The van der Waals surface area contributed by atoms with E-state index in [0.717, 1.165) is 90.9 Å². The van der Waals surface area contributed by atoms with Crippen LogP contribution in [0.25, 0.3) is 0 Å². The minimum atomic E-state index is -0.872. The zero-order valence-electron chi connectivity index (χ0n) is 28.7. The summed E-state index contributed by atoms with van der Waals surface area (Å²) in [6.45, 7) is 14.9.